The molecule has 0 aliphatic heterocycles. The van der Waals surface area contributed by atoms with Crippen LogP contribution in [0.3, 0.4) is 0 Å². The standard InChI is InChI=1S/C14H21NO/c1-5-6-7-13(15-3)12-8-9-14(16-4)11(2)10-12/h8-10H,5-7H2,1-4H3. The molecule has 0 heterocycles. The van der Waals surface area contributed by atoms with E-state index < -0.39 is 0 Å². The van der Waals surface area contributed by atoms with Gasteiger partial charge >= 0.3 is 0 Å². The van der Waals surface area contributed by atoms with Crippen LogP contribution in [0.25, 0.3) is 0 Å². The molecule has 16 heavy (non-hydrogen) atoms. The number of rotatable bonds is 5. The number of hydrogen-bond donors (Lipinski definition) is 0. The maximum atomic E-state index is 5.25. The lowest BCUT2D eigenvalue weighted by Crippen LogP contribution is -2.01. The van der Waals surface area contributed by atoms with Crippen molar-refractivity contribution in [1.82, 2.24) is 0 Å². The summed E-state index contributed by atoms with van der Waals surface area (Å²) in [6.45, 7) is 4.27. The van der Waals surface area contributed by atoms with Crippen molar-refractivity contribution in [3.05, 3.63) is 29.3 Å². The zero-order valence-corrected chi connectivity index (χ0v) is 10.7. The number of aryl methyl sites for hydroxylation is 1. The van der Waals surface area contributed by atoms with Crippen LogP contribution in [0, 0.1) is 6.92 Å². The van der Waals surface area contributed by atoms with E-state index in [1.807, 2.05) is 13.1 Å². The van der Waals surface area contributed by atoms with Gasteiger partial charge in [0.2, 0.25) is 0 Å². The second kappa shape index (κ2) is 6.31. The third-order valence-corrected chi connectivity index (χ3v) is 2.77. The number of benzene rings is 1. The van der Waals surface area contributed by atoms with Crippen molar-refractivity contribution in [3.8, 4) is 5.75 Å². The molecule has 0 aliphatic rings. The fraction of sp³-hybridized carbons (Fsp3) is 0.500. The minimum Gasteiger partial charge on any atom is -0.496 e. The highest BCUT2D eigenvalue weighted by Crippen LogP contribution is 2.20. The van der Waals surface area contributed by atoms with Gasteiger partial charge in [0, 0.05) is 12.8 Å². The van der Waals surface area contributed by atoms with Crippen LogP contribution in [0.15, 0.2) is 23.2 Å². The van der Waals surface area contributed by atoms with E-state index in [9.17, 15) is 0 Å². The first-order valence-electron chi connectivity index (χ1n) is 5.83. The van der Waals surface area contributed by atoms with Gasteiger partial charge in [0.1, 0.15) is 5.75 Å². The number of methoxy groups -OCH3 is 1. The molecule has 0 fully saturated rings. The number of ether oxygens (including phenoxy) is 1. The van der Waals surface area contributed by atoms with E-state index in [1.165, 1.54) is 24.1 Å². The Kier molecular flexibility index (Phi) is 5.03. The Morgan fingerprint density at radius 2 is 2.12 bits per heavy atom. The van der Waals surface area contributed by atoms with Crippen molar-refractivity contribution in [1.29, 1.82) is 0 Å². The van der Waals surface area contributed by atoms with E-state index in [1.54, 1.807) is 7.11 Å². The molecular formula is C14H21NO. The van der Waals surface area contributed by atoms with Crippen LogP contribution in [-0.2, 0) is 0 Å². The molecule has 0 saturated carbocycles. The van der Waals surface area contributed by atoms with Gasteiger partial charge in [-0.3, -0.25) is 4.99 Å². The summed E-state index contributed by atoms with van der Waals surface area (Å²) in [4.78, 5) is 4.37. The summed E-state index contributed by atoms with van der Waals surface area (Å²) in [6, 6.07) is 6.25. The molecule has 0 spiro atoms. The van der Waals surface area contributed by atoms with E-state index in [0.29, 0.717) is 0 Å². The minimum absolute atomic E-state index is 0.940. The Hall–Kier alpha value is -1.31. The number of unbranched alkanes of at least 4 members (excludes halogenated alkanes) is 1. The molecule has 0 saturated heterocycles. The first-order chi connectivity index (χ1) is 7.72. The Morgan fingerprint density at radius 3 is 2.62 bits per heavy atom. The Balaban J connectivity index is 2.90. The zero-order chi connectivity index (χ0) is 12.0. The molecule has 0 atom stereocenters. The van der Waals surface area contributed by atoms with E-state index in [4.69, 9.17) is 4.74 Å². The fourth-order valence-electron chi connectivity index (χ4n) is 1.79. The molecule has 0 unspecified atom stereocenters. The highest BCUT2D eigenvalue weighted by Gasteiger charge is 2.05. The minimum atomic E-state index is 0.940. The van der Waals surface area contributed by atoms with Crippen LogP contribution >= 0.6 is 0 Å². The Bertz CT molecular complexity index is 369. The van der Waals surface area contributed by atoms with Crippen molar-refractivity contribution < 1.29 is 4.74 Å². The van der Waals surface area contributed by atoms with Crippen molar-refractivity contribution >= 4 is 5.71 Å². The van der Waals surface area contributed by atoms with Gasteiger partial charge in [-0.05, 0) is 49.1 Å². The first-order valence-corrected chi connectivity index (χ1v) is 5.83. The number of aliphatic imine (C=N–C) groups is 1. The topological polar surface area (TPSA) is 21.6 Å². The van der Waals surface area contributed by atoms with Crippen LogP contribution < -0.4 is 4.74 Å². The maximum absolute atomic E-state index is 5.25. The molecule has 0 N–H and O–H groups in total. The summed E-state index contributed by atoms with van der Waals surface area (Å²) in [5.74, 6) is 0.940. The summed E-state index contributed by atoms with van der Waals surface area (Å²) in [6.07, 6.45) is 3.45. The molecule has 0 amide bonds. The van der Waals surface area contributed by atoms with Crippen molar-refractivity contribution in [3.63, 3.8) is 0 Å². The molecule has 0 aliphatic carbocycles. The predicted octanol–water partition coefficient (Wildman–Crippen LogP) is 3.61. The summed E-state index contributed by atoms with van der Waals surface area (Å²) in [5, 5.41) is 0. The van der Waals surface area contributed by atoms with Gasteiger partial charge in [0.25, 0.3) is 0 Å². The van der Waals surface area contributed by atoms with Gasteiger partial charge < -0.3 is 4.74 Å². The average molecular weight is 219 g/mol. The van der Waals surface area contributed by atoms with Crippen molar-refractivity contribution in [2.45, 2.75) is 33.1 Å². The lowest BCUT2D eigenvalue weighted by Gasteiger charge is -2.09. The van der Waals surface area contributed by atoms with Crippen LogP contribution in [-0.4, -0.2) is 19.9 Å². The van der Waals surface area contributed by atoms with Gasteiger partial charge in [-0.1, -0.05) is 13.3 Å². The zero-order valence-electron chi connectivity index (χ0n) is 10.7. The molecular weight excluding hydrogens is 198 g/mol. The largest absolute Gasteiger partial charge is 0.496 e. The summed E-state index contributed by atoms with van der Waals surface area (Å²) in [5.41, 5.74) is 3.57. The van der Waals surface area contributed by atoms with Gasteiger partial charge in [-0.25, -0.2) is 0 Å². The third kappa shape index (κ3) is 3.09. The van der Waals surface area contributed by atoms with Crippen LogP contribution in [0.5, 0.6) is 5.75 Å². The molecule has 1 aromatic rings. The monoisotopic (exact) mass is 219 g/mol. The van der Waals surface area contributed by atoms with Crippen molar-refractivity contribution in [2.24, 2.45) is 4.99 Å². The van der Waals surface area contributed by atoms with Gasteiger partial charge in [-0.15, -0.1) is 0 Å². The van der Waals surface area contributed by atoms with Gasteiger partial charge in [0.05, 0.1) is 7.11 Å². The lowest BCUT2D eigenvalue weighted by molar-refractivity contribution is 0.411. The fourth-order valence-corrected chi connectivity index (χ4v) is 1.79. The van der Waals surface area contributed by atoms with Crippen molar-refractivity contribution in [2.75, 3.05) is 14.2 Å². The quantitative estimate of drug-likeness (QED) is 0.693. The molecule has 2 heteroatoms. The summed E-state index contributed by atoms with van der Waals surface area (Å²) >= 11 is 0. The van der Waals surface area contributed by atoms with Gasteiger partial charge in [-0.2, -0.15) is 0 Å². The van der Waals surface area contributed by atoms with Crippen LogP contribution in [0.4, 0.5) is 0 Å². The second-order valence-corrected chi connectivity index (χ2v) is 3.96. The van der Waals surface area contributed by atoms with Crippen LogP contribution in [0.2, 0.25) is 0 Å². The van der Waals surface area contributed by atoms with Gasteiger partial charge in [0.15, 0.2) is 0 Å². The molecule has 0 aromatic heterocycles. The lowest BCUT2D eigenvalue weighted by atomic mass is 10.0. The SMILES string of the molecule is CCCCC(=NC)c1ccc(OC)c(C)c1. The molecule has 88 valence electrons. The van der Waals surface area contributed by atoms with E-state index in [-0.39, 0.29) is 0 Å². The normalized spacial score (nSPS) is 11.6. The summed E-state index contributed by atoms with van der Waals surface area (Å²) in [7, 11) is 3.57. The average Bonchev–Trinajstić information content (AvgIpc) is 2.30. The maximum Gasteiger partial charge on any atom is 0.121 e. The molecule has 1 aromatic carbocycles. The van der Waals surface area contributed by atoms with Crippen LogP contribution in [0.1, 0.15) is 37.3 Å². The smallest absolute Gasteiger partial charge is 0.121 e. The predicted molar refractivity (Wildman–Crippen MR) is 69.7 cm³/mol. The second-order valence-electron chi connectivity index (χ2n) is 3.96. The molecule has 0 radical (unpaired) electrons. The summed E-state index contributed by atoms with van der Waals surface area (Å²) < 4.78 is 5.25. The molecule has 1 rings (SSSR count). The highest BCUT2D eigenvalue weighted by atomic mass is 16.5. The number of nitrogens with zero attached hydrogens (tertiary/aromatic N) is 1. The highest BCUT2D eigenvalue weighted by molar-refractivity contribution is 6.00. The third-order valence-electron chi connectivity index (χ3n) is 2.77. The van der Waals surface area contributed by atoms with E-state index in [0.717, 1.165) is 17.7 Å². The molecule has 0 bridgehead atoms. The first kappa shape index (κ1) is 12.8. The Morgan fingerprint density at radius 1 is 1.38 bits per heavy atom. The van der Waals surface area contributed by atoms with E-state index >= 15 is 0 Å². The van der Waals surface area contributed by atoms with E-state index in [2.05, 4.69) is 31.0 Å². The Labute approximate surface area is 98.4 Å². The molecule has 2 nitrogen and oxygen atoms in total. The number of hydrogen-bond acceptors (Lipinski definition) is 2.